The number of aryl methyl sites for hydroxylation is 1. The Balaban J connectivity index is 2.22. The number of benzene rings is 1. The molecule has 0 bridgehead atoms. The Hall–Kier alpha value is -2.76. The quantitative estimate of drug-likeness (QED) is 0.682. The lowest BCUT2D eigenvalue weighted by atomic mass is 10.1. The Morgan fingerprint density at radius 3 is 2.80 bits per heavy atom. The second-order valence-electron chi connectivity index (χ2n) is 4.51. The molecule has 20 heavy (non-hydrogen) atoms. The Bertz CT molecular complexity index is 801. The van der Waals surface area contributed by atoms with Gasteiger partial charge in [0.05, 0.1) is 12.8 Å². The van der Waals surface area contributed by atoms with Gasteiger partial charge in [-0.2, -0.15) is 5.10 Å². The summed E-state index contributed by atoms with van der Waals surface area (Å²) < 4.78 is 5.23. The molecule has 0 atom stereocenters. The van der Waals surface area contributed by atoms with Crippen molar-refractivity contribution < 1.29 is 14.6 Å². The molecule has 3 N–H and O–H groups in total. The molecule has 2 aromatic heterocycles. The van der Waals surface area contributed by atoms with E-state index in [1.807, 2.05) is 25.1 Å². The molecule has 0 aliphatic carbocycles. The number of ether oxygens (including phenoxy) is 1. The van der Waals surface area contributed by atoms with Gasteiger partial charge in [0.25, 0.3) is 0 Å². The number of H-pyrrole nitrogens is 2. The Kier molecular flexibility index (Phi) is 2.71. The zero-order valence-corrected chi connectivity index (χ0v) is 11.0. The first-order valence-corrected chi connectivity index (χ1v) is 6.05. The summed E-state index contributed by atoms with van der Waals surface area (Å²) in [5.41, 5.74) is 3.42. The molecule has 0 unspecified atom stereocenters. The monoisotopic (exact) mass is 271 g/mol. The third-order valence-electron chi connectivity index (χ3n) is 3.26. The van der Waals surface area contributed by atoms with Gasteiger partial charge in [0.15, 0.2) is 0 Å². The summed E-state index contributed by atoms with van der Waals surface area (Å²) >= 11 is 0. The molecular weight excluding hydrogens is 258 g/mol. The van der Waals surface area contributed by atoms with Crippen LogP contribution in [-0.4, -0.2) is 33.4 Å². The van der Waals surface area contributed by atoms with Gasteiger partial charge in [-0.3, -0.25) is 5.10 Å². The van der Waals surface area contributed by atoms with Crippen molar-refractivity contribution in [2.75, 3.05) is 7.11 Å². The van der Waals surface area contributed by atoms with Gasteiger partial charge in [-0.15, -0.1) is 0 Å². The smallest absolute Gasteiger partial charge is 0.353 e. The molecule has 0 radical (unpaired) electrons. The highest BCUT2D eigenvalue weighted by Gasteiger charge is 2.16. The van der Waals surface area contributed by atoms with Crippen LogP contribution in [0.2, 0.25) is 0 Å². The van der Waals surface area contributed by atoms with Crippen LogP contribution in [0.1, 0.15) is 16.2 Å². The number of methoxy groups -OCH3 is 1. The lowest BCUT2D eigenvalue weighted by molar-refractivity contribution is 0.0690. The predicted octanol–water partition coefficient (Wildman–Crippen LogP) is 2.57. The van der Waals surface area contributed by atoms with Gasteiger partial charge in [-0.25, -0.2) is 4.79 Å². The highest BCUT2D eigenvalue weighted by atomic mass is 16.5. The molecule has 0 saturated carbocycles. The van der Waals surface area contributed by atoms with E-state index in [1.165, 1.54) is 6.07 Å². The molecule has 6 nitrogen and oxygen atoms in total. The van der Waals surface area contributed by atoms with Gasteiger partial charge in [-0.05, 0) is 31.2 Å². The van der Waals surface area contributed by atoms with Crippen molar-refractivity contribution in [3.63, 3.8) is 0 Å². The molecule has 3 rings (SSSR count). The number of carboxylic acids is 1. The van der Waals surface area contributed by atoms with Crippen molar-refractivity contribution >= 4 is 16.9 Å². The van der Waals surface area contributed by atoms with E-state index in [-0.39, 0.29) is 5.69 Å². The van der Waals surface area contributed by atoms with Crippen molar-refractivity contribution in [1.82, 2.24) is 15.2 Å². The maximum atomic E-state index is 10.9. The molecule has 0 fully saturated rings. The number of nitrogens with zero attached hydrogens (tertiary/aromatic N) is 1. The summed E-state index contributed by atoms with van der Waals surface area (Å²) in [6, 6.07) is 7.23. The van der Waals surface area contributed by atoms with Crippen LogP contribution in [0.5, 0.6) is 5.75 Å². The van der Waals surface area contributed by atoms with Crippen LogP contribution in [0, 0.1) is 6.92 Å². The van der Waals surface area contributed by atoms with Crippen molar-refractivity contribution in [2.45, 2.75) is 6.92 Å². The lowest BCUT2D eigenvalue weighted by Gasteiger charge is -2.00. The van der Waals surface area contributed by atoms with Crippen LogP contribution in [-0.2, 0) is 0 Å². The normalized spacial score (nSPS) is 10.9. The number of aromatic nitrogens is 3. The molecule has 0 saturated heterocycles. The van der Waals surface area contributed by atoms with E-state index >= 15 is 0 Å². The Morgan fingerprint density at radius 2 is 2.15 bits per heavy atom. The molecule has 0 aliphatic rings. The highest BCUT2D eigenvalue weighted by molar-refractivity contribution is 5.98. The number of rotatable bonds is 3. The largest absolute Gasteiger partial charge is 0.497 e. The van der Waals surface area contributed by atoms with Crippen LogP contribution >= 0.6 is 0 Å². The second-order valence-corrected chi connectivity index (χ2v) is 4.51. The summed E-state index contributed by atoms with van der Waals surface area (Å²) in [6.45, 7) is 1.93. The summed E-state index contributed by atoms with van der Waals surface area (Å²) in [4.78, 5) is 14.2. The molecule has 0 aliphatic heterocycles. The van der Waals surface area contributed by atoms with E-state index in [0.29, 0.717) is 5.69 Å². The van der Waals surface area contributed by atoms with Crippen LogP contribution in [0.4, 0.5) is 0 Å². The third-order valence-corrected chi connectivity index (χ3v) is 3.26. The fourth-order valence-corrected chi connectivity index (χ4v) is 2.32. The van der Waals surface area contributed by atoms with Gasteiger partial charge in [0, 0.05) is 22.2 Å². The highest BCUT2D eigenvalue weighted by Crippen LogP contribution is 2.33. The van der Waals surface area contributed by atoms with Crippen LogP contribution in [0.3, 0.4) is 0 Å². The molecule has 0 spiro atoms. The number of carbonyl (C=O) groups is 1. The summed E-state index contributed by atoms with van der Waals surface area (Å²) in [6.07, 6.45) is 0. The average Bonchev–Trinajstić information content (AvgIpc) is 3.00. The molecule has 102 valence electrons. The zero-order chi connectivity index (χ0) is 14.3. The number of hydrogen-bond acceptors (Lipinski definition) is 3. The van der Waals surface area contributed by atoms with E-state index in [9.17, 15) is 4.79 Å². The standard InChI is InChI=1S/C14H13N3O3/c1-7-13(11-6-12(14(18)19)17-16-11)9-5-8(20-2)3-4-10(9)15-7/h3-6,15H,1-2H3,(H,16,17)(H,18,19). The minimum Gasteiger partial charge on any atom is -0.497 e. The first-order valence-electron chi connectivity index (χ1n) is 6.05. The van der Waals surface area contributed by atoms with Crippen molar-refractivity contribution in [1.29, 1.82) is 0 Å². The second kappa shape index (κ2) is 4.41. The van der Waals surface area contributed by atoms with Crippen molar-refractivity contribution in [3.05, 3.63) is 35.7 Å². The van der Waals surface area contributed by atoms with E-state index < -0.39 is 5.97 Å². The third kappa shape index (κ3) is 1.82. The predicted molar refractivity (Wildman–Crippen MR) is 74.1 cm³/mol. The summed E-state index contributed by atoms with van der Waals surface area (Å²) in [7, 11) is 1.61. The van der Waals surface area contributed by atoms with Gasteiger partial charge in [0.1, 0.15) is 11.4 Å². The minimum absolute atomic E-state index is 0.0663. The van der Waals surface area contributed by atoms with Crippen molar-refractivity contribution in [2.24, 2.45) is 0 Å². The molecule has 6 heteroatoms. The molecule has 0 amide bonds. The minimum atomic E-state index is -1.03. The molecule has 2 heterocycles. The molecular formula is C14H13N3O3. The average molecular weight is 271 g/mol. The van der Waals surface area contributed by atoms with E-state index in [1.54, 1.807) is 7.11 Å². The fourth-order valence-electron chi connectivity index (χ4n) is 2.32. The maximum absolute atomic E-state index is 10.9. The topological polar surface area (TPSA) is 91.0 Å². The van der Waals surface area contributed by atoms with Crippen molar-refractivity contribution in [3.8, 4) is 17.0 Å². The van der Waals surface area contributed by atoms with E-state index in [4.69, 9.17) is 9.84 Å². The summed E-state index contributed by atoms with van der Waals surface area (Å²) in [5, 5.41) is 16.5. The van der Waals surface area contributed by atoms with Crippen LogP contribution in [0.25, 0.3) is 22.2 Å². The van der Waals surface area contributed by atoms with Gasteiger partial charge >= 0.3 is 5.97 Å². The van der Waals surface area contributed by atoms with Gasteiger partial charge < -0.3 is 14.8 Å². The number of hydrogen-bond donors (Lipinski definition) is 3. The summed E-state index contributed by atoms with van der Waals surface area (Å²) in [5.74, 6) is -0.287. The number of carboxylic acid groups (broad SMARTS) is 1. The number of nitrogens with one attached hydrogen (secondary N) is 2. The Morgan fingerprint density at radius 1 is 1.35 bits per heavy atom. The van der Waals surface area contributed by atoms with E-state index in [0.717, 1.165) is 27.9 Å². The zero-order valence-electron chi connectivity index (χ0n) is 11.0. The Labute approximate surface area is 114 Å². The van der Waals surface area contributed by atoms with Gasteiger partial charge in [-0.1, -0.05) is 0 Å². The first kappa shape index (κ1) is 12.3. The molecule has 1 aromatic carbocycles. The SMILES string of the molecule is COc1ccc2[nH]c(C)c(-c3cc(C(=O)O)[nH]n3)c2c1. The fraction of sp³-hybridized carbons (Fsp3) is 0.143. The number of fused-ring (bicyclic) bond motifs is 1. The van der Waals surface area contributed by atoms with E-state index in [2.05, 4.69) is 15.2 Å². The number of aromatic amines is 2. The van der Waals surface area contributed by atoms with Crippen LogP contribution < -0.4 is 4.74 Å². The van der Waals surface area contributed by atoms with Crippen LogP contribution in [0.15, 0.2) is 24.3 Å². The number of aromatic carboxylic acids is 1. The van der Waals surface area contributed by atoms with Gasteiger partial charge in [0.2, 0.25) is 0 Å². The lowest BCUT2D eigenvalue weighted by Crippen LogP contribution is -1.95. The maximum Gasteiger partial charge on any atom is 0.353 e. The first-order chi connectivity index (χ1) is 9.60. The molecule has 3 aromatic rings.